The molecule has 5 aromatic rings. The summed E-state index contributed by atoms with van der Waals surface area (Å²) in [6.45, 7) is 6.34. The van der Waals surface area contributed by atoms with Crippen molar-refractivity contribution in [1.29, 1.82) is 0 Å². The van der Waals surface area contributed by atoms with Crippen LogP contribution in [0.15, 0.2) is 90.5 Å². The van der Waals surface area contributed by atoms with Crippen LogP contribution < -0.4 is 14.4 Å². The fourth-order valence-corrected chi connectivity index (χ4v) is 7.22. The van der Waals surface area contributed by atoms with Gasteiger partial charge in [0.05, 0.1) is 21.8 Å². The van der Waals surface area contributed by atoms with E-state index in [1.807, 2.05) is 93.6 Å². The normalized spacial score (nSPS) is 18.9. The van der Waals surface area contributed by atoms with Gasteiger partial charge in [-0.3, -0.25) is 14.5 Å². The van der Waals surface area contributed by atoms with E-state index in [1.165, 1.54) is 16.2 Å². The van der Waals surface area contributed by atoms with Gasteiger partial charge in [0.2, 0.25) is 0 Å². The fourth-order valence-electron chi connectivity index (χ4n) is 6.05. The maximum absolute atomic E-state index is 13.8. The van der Waals surface area contributed by atoms with Gasteiger partial charge in [0.1, 0.15) is 30.0 Å². The number of ketones is 1. The molecule has 2 atom stereocenters. The number of Topliss-reactive ketones (excluding diaryl/α,β-unsaturated/α-hetero) is 1. The molecule has 0 radical (unpaired) electrons. The van der Waals surface area contributed by atoms with Gasteiger partial charge < -0.3 is 14.6 Å². The molecule has 2 aliphatic rings. The quantitative estimate of drug-likeness (QED) is 0.123. The number of aryl methyl sites for hydroxylation is 2. The predicted molar refractivity (Wildman–Crippen MR) is 171 cm³/mol. The minimum Gasteiger partial charge on any atom is -0.507 e. The Balaban J connectivity index is 1.36. The summed E-state index contributed by atoms with van der Waals surface area (Å²) in [5.74, 6) is -0.396. The van der Waals surface area contributed by atoms with Crippen molar-refractivity contribution in [3.05, 3.63) is 124 Å². The summed E-state index contributed by atoms with van der Waals surface area (Å²) >= 11 is 1.35. The van der Waals surface area contributed by atoms with E-state index in [9.17, 15) is 14.7 Å². The molecule has 220 valence electrons. The smallest absolute Gasteiger partial charge is 0.301 e. The van der Waals surface area contributed by atoms with Crippen molar-refractivity contribution < 1.29 is 24.2 Å². The molecule has 0 saturated carbocycles. The van der Waals surface area contributed by atoms with E-state index in [0.717, 1.165) is 38.2 Å². The van der Waals surface area contributed by atoms with Crippen LogP contribution in [-0.2, 0) is 22.6 Å². The lowest BCUT2D eigenvalue weighted by molar-refractivity contribution is -0.132. The Morgan fingerprint density at radius 3 is 2.66 bits per heavy atom. The first-order valence-corrected chi connectivity index (χ1v) is 15.3. The molecule has 0 unspecified atom stereocenters. The molecule has 2 aliphatic heterocycles. The van der Waals surface area contributed by atoms with Crippen LogP contribution >= 0.6 is 11.3 Å². The third-order valence-corrected chi connectivity index (χ3v) is 9.06. The molecule has 3 heterocycles. The van der Waals surface area contributed by atoms with Crippen LogP contribution in [0.3, 0.4) is 0 Å². The van der Waals surface area contributed by atoms with Crippen LogP contribution in [0.4, 0.5) is 5.13 Å². The molecule has 0 aliphatic carbocycles. The summed E-state index contributed by atoms with van der Waals surface area (Å²) in [4.78, 5) is 33.9. The number of benzene rings is 4. The lowest BCUT2D eigenvalue weighted by atomic mass is 9.94. The van der Waals surface area contributed by atoms with E-state index in [1.54, 1.807) is 12.1 Å². The van der Waals surface area contributed by atoms with Gasteiger partial charge in [-0.15, -0.1) is 0 Å². The van der Waals surface area contributed by atoms with Gasteiger partial charge in [0, 0.05) is 12.0 Å². The van der Waals surface area contributed by atoms with E-state index in [2.05, 4.69) is 0 Å². The Hall–Kier alpha value is -4.95. The number of anilines is 1. The second-order valence-electron chi connectivity index (χ2n) is 11.4. The molecular weight excluding hydrogens is 572 g/mol. The molecule has 1 fully saturated rings. The Labute approximate surface area is 259 Å². The zero-order chi connectivity index (χ0) is 30.5. The average Bonchev–Trinajstić information content (AvgIpc) is 3.68. The lowest BCUT2D eigenvalue weighted by Crippen LogP contribution is -2.29. The Morgan fingerprint density at radius 1 is 1.02 bits per heavy atom. The molecule has 7 nitrogen and oxygen atoms in total. The molecular formula is C36H30N2O5S. The number of amides is 1. The Kier molecular flexibility index (Phi) is 6.94. The van der Waals surface area contributed by atoms with E-state index in [4.69, 9.17) is 14.5 Å². The van der Waals surface area contributed by atoms with Crippen molar-refractivity contribution in [1.82, 2.24) is 4.98 Å². The minimum absolute atomic E-state index is 0.00859. The Bertz CT molecular complexity index is 1980. The SMILES string of the molecule is Cc1cc(C)c2nc(N3C(=O)C(=O)/C(=C(/O)c4ccc5c(c4)C[C@H](C)O5)[C@H]3c3cccc(OCc4ccccc4)c3)sc2c1. The number of fused-ring (bicyclic) bond motifs is 2. The van der Waals surface area contributed by atoms with Gasteiger partial charge in [-0.1, -0.05) is 59.9 Å². The van der Waals surface area contributed by atoms with Crippen LogP contribution in [0.1, 0.15) is 46.3 Å². The third kappa shape index (κ3) is 4.91. The van der Waals surface area contributed by atoms with Crippen LogP contribution in [0, 0.1) is 13.8 Å². The Morgan fingerprint density at radius 2 is 1.84 bits per heavy atom. The average molecular weight is 603 g/mol. The number of carbonyl (C=O) groups excluding carboxylic acids is 2. The number of ether oxygens (including phenoxy) is 2. The molecule has 7 rings (SSSR count). The summed E-state index contributed by atoms with van der Waals surface area (Å²) in [5, 5.41) is 12.1. The van der Waals surface area contributed by atoms with Gasteiger partial charge in [-0.2, -0.15) is 0 Å². The second kappa shape index (κ2) is 11.0. The number of hydrogen-bond acceptors (Lipinski definition) is 7. The zero-order valence-electron chi connectivity index (χ0n) is 24.5. The van der Waals surface area contributed by atoms with Crippen molar-refractivity contribution in [2.45, 2.75) is 45.9 Å². The maximum Gasteiger partial charge on any atom is 0.301 e. The molecule has 0 spiro atoms. The molecule has 1 amide bonds. The largest absolute Gasteiger partial charge is 0.507 e. The third-order valence-electron chi connectivity index (χ3n) is 8.06. The molecule has 44 heavy (non-hydrogen) atoms. The van der Waals surface area contributed by atoms with Crippen molar-refractivity contribution in [3.63, 3.8) is 0 Å². The van der Waals surface area contributed by atoms with Crippen LogP contribution in [0.5, 0.6) is 11.5 Å². The number of nitrogens with zero attached hydrogens (tertiary/aromatic N) is 2. The van der Waals surface area contributed by atoms with Crippen LogP contribution in [0.2, 0.25) is 0 Å². The highest BCUT2D eigenvalue weighted by atomic mass is 32.1. The molecule has 4 aromatic carbocycles. The standard InChI is InChI=1S/C36H30N2O5S/c1-20-14-21(2)31-29(15-20)44-36(37-31)38-32(24-10-7-11-27(18-24)42-19-23-8-5-4-6-9-23)30(34(40)35(38)41)33(39)25-12-13-28-26(17-25)16-22(3)43-28/h4-15,17-18,22,32,39H,16,19H2,1-3H3/b33-30+/t22-,32+/m0/s1. The van der Waals surface area contributed by atoms with Gasteiger partial charge in [0.25, 0.3) is 5.78 Å². The number of aliphatic hydroxyl groups excluding tert-OH is 1. The summed E-state index contributed by atoms with van der Waals surface area (Å²) in [7, 11) is 0. The van der Waals surface area contributed by atoms with Gasteiger partial charge >= 0.3 is 5.91 Å². The minimum atomic E-state index is -0.916. The first kappa shape index (κ1) is 27.9. The predicted octanol–water partition coefficient (Wildman–Crippen LogP) is 7.44. The number of aromatic nitrogens is 1. The summed E-state index contributed by atoms with van der Waals surface area (Å²) in [6.07, 6.45) is 0.720. The van der Waals surface area contributed by atoms with Gasteiger partial charge in [-0.05, 0) is 85.0 Å². The zero-order valence-corrected chi connectivity index (χ0v) is 25.4. The molecule has 1 N–H and O–H groups in total. The van der Waals surface area contributed by atoms with Crippen LogP contribution in [0.25, 0.3) is 16.0 Å². The van der Waals surface area contributed by atoms with Crippen LogP contribution in [-0.4, -0.2) is 27.9 Å². The topological polar surface area (TPSA) is 89.0 Å². The number of rotatable bonds is 6. The first-order chi connectivity index (χ1) is 21.3. The molecule has 1 saturated heterocycles. The summed E-state index contributed by atoms with van der Waals surface area (Å²) in [5.41, 5.74) is 5.90. The van der Waals surface area contributed by atoms with Crippen molar-refractivity contribution in [2.75, 3.05) is 4.90 Å². The van der Waals surface area contributed by atoms with Crippen molar-refractivity contribution in [2.24, 2.45) is 0 Å². The van der Waals surface area contributed by atoms with Crippen molar-refractivity contribution in [3.8, 4) is 11.5 Å². The van der Waals surface area contributed by atoms with E-state index < -0.39 is 17.7 Å². The highest BCUT2D eigenvalue weighted by Gasteiger charge is 2.48. The lowest BCUT2D eigenvalue weighted by Gasteiger charge is -2.23. The summed E-state index contributed by atoms with van der Waals surface area (Å²) in [6, 6.07) is 25.7. The number of carbonyl (C=O) groups is 2. The first-order valence-electron chi connectivity index (χ1n) is 14.5. The van der Waals surface area contributed by atoms with Crippen molar-refractivity contribution >= 4 is 44.1 Å². The monoisotopic (exact) mass is 602 g/mol. The fraction of sp³-hybridized carbons (Fsp3) is 0.194. The van der Waals surface area contributed by atoms with E-state index >= 15 is 0 Å². The number of thiazole rings is 1. The van der Waals surface area contributed by atoms with E-state index in [0.29, 0.717) is 35.0 Å². The van der Waals surface area contributed by atoms with Gasteiger partial charge in [-0.25, -0.2) is 4.98 Å². The highest BCUT2D eigenvalue weighted by molar-refractivity contribution is 7.22. The second-order valence-corrected chi connectivity index (χ2v) is 12.4. The van der Waals surface area contributed by atoms with E-state index in [-0.39, 0.29) is 17.4 Å². The summed E-state index contributed by atoms with van der Waals surface area (Å²) < 4.78 is 12.9. The number of hydrogen-bond donors (Lipinski definition) is 1. The number of aliphatic hydroxyl groups is 1. The highest BCUT2D eigenvalue weighted by Crippen LogP contribution is 2.45. The molecule has 8 heteroatoms. The molecule has 0 bridgehead atoms. The van der Waals surface area contributed by atoms with Gasteiger partial charge in [0.15, 0.2) is 5.13 Å². The molecule has 1 aromatic heterocycles. The maximum atomic E-state index is 13.8.